The van der Waals surface area contributed by atoms with Crippen molar-refractivity contribution in [1.29, 1.82) is 0 Å². The summed E-state index contributed by atoms with van der Waals surface area (Å²) in [5, 5.41) is 3.45. The summed E-state index contributed by atoms with van der Waals surface area (Å²) in [4.78, 5) is 2.66. The standard InChI is InChI=1S/C6H6N3.C5H5.Fe/c1-5-3-2-4-6(5)8-9-7;1-2-4-5-3-1;/h2-4H,1H3;1-5H;/q2*-1;+2. The topological polar surface area (TPSA) is 48.8 Å². The molecule has 0 amide bonds. The average molecular weight is 241 g/mol. The quantitative estimate of drug-likeness (QED) is 0.237. The summed E-state index contributed by atoms with van der Waals surface area (Å²) in [6.45, 7) is 1.91. The Kier molecular flexibility index (Phi) is 7.12. The van der Waals surface area contributed by atoms with Gasteiger partial charge in [-0.25, -0.2) is 18.2 Å². The Morgan fingerprint density at radius 3 is 2.27 bits per heavy atom. The molecule has 0 aromatic heterocycles. The predicted molar refractivity (Wildman–Crippen MR) is 57.6 cm³/mol. The van der Waals surface area contributed by atoms with Crippen molar-refractivity contribution < 1.29 is 17.1 Å². The molecule has 0 aliphatic carbocycles. The molecule has 0 radical (unpaired) electrons. The Hall–Kier alpha value is -1.47. The van der Waals surface area contributed by atoms with Crippen molar-refractivity contribution in [3.8, 4) is 0 Å². The fourth-order valence-electron chi connectivity index (χ4n) is 0.982. The molecular formula is C11H11FeN3. The van der Waals surface area contributed by atoms with Gasteiger partial charge in [0.05, 0.1) is 0 Å². The number of hydrogen-bond donors (Lipinski definition) is 0. The number of aryl methyl sites for hydroxylation is 1. The minimum atomic E-state index is 0. The van der Waals surface area contributed by atoms with E-state index in [9.17, 15) is 0 Å². The minimum absolute atomic E-state index is 0. The van der Waals surface area contributed by atoms with Gasteiger partial charge in [-0.1, -0.05) is 6.92 Å². The molecular weight excluding hydrogens is 230 g/mol. The summed E-state index contributed by atoms with van der Waals surface area (Å²) in [5.41, 5.74) is 9.76. The van der Waals surface area contributed by atoms with E-state index >= 15 is 0 Å². The number of hydrogen-bond acceptors (Lipinski definition) is 1. The van der Waals surface area contributed by atoms with Crippen molar-refractivity contribution >= 4 is 5.69 Å². The second kappa shape index (κ2) is 7.89. The predicted octanol–water partition coefficient (Wildman–Crippen LogP) is 4.06. The zero-order valence-corrected chi connectivity index (χ0v) is 9.42. The van der Waals surface area contributed by atoms with E-state index in [4.69, 9.17) is 5.53 Å². The van der Waals surface area contributed by atoms with Crippen LogP contribution in [-0.2, 0) is 17.1 Å². The smallest absolute Gasteiger partial charge is 0.214 e. The summed E-state index contributed by atoms with van der Waals surface area (Å²) in [6.07, 6.45) is 0. The summed E-state index contributed by atoms with van der Waals surface area (Å²) in [5.74, 6) is 0. The van der Waals surface area contributed by atoms with Crippen LogP contribution in [0.25, 0.3) is 10.4 Å². The molecule has 3 nitrogen and oxygen atoms in total. The van der Waals surface area contributed by atoms with Crippen molar-refractivity contribution in [3.05, 3.63) is 64.5 Å². The van der Waals surface area contributed by atoms with Crippen LogP contribution in [0.3, 0.4) is 0 Å². The molecule has 0 fully saturated rings. The molecule has 0 unspecified atom stereocenters. The Bertz CT molecular complexity index is 380. The van der Waals surface area contributed by atoms with Crippen LogP contribution in [0.5, 0.6) is 0 Å². The van der Waals surface area contributed by atoms with Gasteiger partial charge in [0.1, 0.15) is 0 Å². The first kappa shape index (κ1) is 13.5. The van der Waals surface area contributed by atoms with Crippen LogP contribution in [0, 0.1) is 6.92 Å². The van der Waals surface area contributed by atoms with Crippen LogP contribution in [0.15, 0.2) is 53.6 Å². The van der Waals surface area contributed by atoms with Gasteiger partial charge in [0.25, 0.3) is 0 Å². The largest absolute Gasteiger partial charge is 2.00 e. The molecule has 15 heavy (non-hydrogen) atoms. The van der Waals surface area contributed by atoms with Crippen LogP contribution in [0.1, 0.15) is 5.56 Å². The van der Waals surface area contributed by atoms with Crippen molar-refractivity contribution in [1.82, 2.24) is 0 Å². The van der Waals surface area contributed by atoms with Crippen molar-refractivity contribution in [2.75, 3.05) is 0 Å². The van der Waals surface area contributed by atoms with E-state index < -0.39 is 0 Å². The van der Waals surface area contributed by atoms with Gasteiger partial charge in [0.15, 0.2) is 0 Å². The second-order valence-corrected chi connectivity index (χ2v) is 2.75. The molecule has 0 atom stereocenters. The van der Waals surface area contributed by atoms with Gasteiger partial charge < -0.3 is 0 Å². The van der Waals surface area contributed by atoms with Gasteiger partial charge in [-0.3, -0.25) is 0 Å². The molecule has 78 valence electrons. The molecule has 0 aliphatic rings. The minimum Gasteiger partial charge on any atom is -0.214 e. The molecule has 0 aliphatic heterocycles. The molecule has 0 spiro atoms. The molecule has 0 bridgehead atoms. The van der Waals surface area contributed by atoms with E-state index in [-0.39, 0.29) is 17.1 Å². The van der Waals surface area contributed by atoms with E-state index in [1.54, 1.807) is 6.07 Å². The first-order valence-electron chi connectivity index (χ1n) is 4.28. The maximum absolute atomic E-state index is 8.02. The molecule has 2 rings (SSSR count). The molecule has 2 aromatic rings. The Morgan fingerprint density at radius 1 is 1.27 bits per heavy atom. The summed E-state index contributed by atoms with van der Waals surface area (Å²) < 4.78 is 0. The summed E-state index contributed by atoms with van der Waals surface area (Å²) >= 11 is 0. The molecule has 0 saturated carbocycles. The molecule has 2 aromatic carbocycles. The van der Waals surface area contributed by atoms with E-state index in [0.29, 0.717) is 0 Å². The van der Waals surface area contributed by atoms with Gasteiger partial charge in [0, 0.05) is 0 Å². The maximum Gasteiger partial charge on any atom is 2.00 e. The molecule has 0 saturated heterocycles. The van der Waals surface area contributed by atoms with Gasteiger partial charge in [-0.05, 0) is 10.4 Å². The Labute approximate surface area is 99.6 Å². The molecule has 4 heteroatoms. The van der Waals surface area contributed by atoms with Gasteiger partial charge in [-0.2, -0.15) is 35.9 Å². The van der Waals surface area contributed by atoms with Crippen molar-refractivity contribution in [2.45, 2.75) is 6.92 Å². The number of azide groups is 1. The zero-order chi connectivity index (χ0) is 10.2. The van der Waals surface area contributed by atoms with Crippen molar-refractivity contribution in [3.63, 3.8) is 0 Å². The third-order valence-electron chi connectivity index (χ3n) is 1.71. The van der Waals surface area contributed by atoms with Crippen LogP contribution >= 0.6 is 0 Å². The molecule has 0 heterocycles. The van der Waals surface area contributed by atoms with Crippen LogP contribution in [0.4, 0.5) is 5.69 Å². The van der Waals surface area contributed by atoms with Gasteiger partial charge >= 0.3 is 17.1 Å². The molecule has 0 N–H and O–H groups in total. The summed E-state index contributed by atoms with van der Waals surface area (Å²) in [6, 6.07) is 15.6. The maximum atomic E-state index is 8.02. The van der Waals surface area contributed by atoms with Crippen molar-refractivity contribution in [2.24, 2.45) is 5.11 Å². The van der Waals surface area contributed by atoms with Crippen LogP contribution < -0.4 is 0 Å². The number of nitrogens with zero attached hydrogens (tertiary/aromatic N) is 3. The fraction of sp³-hybridized carbons (Fsp3) is 0.0909. The van der Waals surface area contributed by atoms with E-state index in [1.165, 1.54) is 0 Å². The number of rotatable bonds is 1. The zero-order valence-electron chi connectivity index (χ0n) is 8.31. The van der Waals surface area contributed by atoms with E-state index in [2.05, 4.69) is 10.0 Å². The fourth-order valence-corrected chi connectivity index (χ4v) is 0.982. The third-order valence-corrected chi connectivity index (χ3v) is 1.71. The first-order chi connectivity index (χ1) is 6.84. The first-order valence-corrected chi connectivity index (χ1v) is 4.28. The SMILES string of the molecule is Cc1[cH-]ccc1N=[N+]=[N-].[Fe+2].c1cc[cH-]c1. The normalized spacial score (nSPS) is 7.80. The van der Waals surface area contributed by atoms with E-state index in [0.717, 1.165) is 11.3 Å². The Balaban J connectivity index is 0.000000280. The third kappa shape index (κ3) is 5.08. The van der Waals surface area contributed by atoms with E-state index in [1.807, 2.05) is 49.4 Å². The monoisotopic (exact) mass is 241 g/mol. The van der Waals surface area contributed by atoms with Gasteiger partial charge in [-0.15, -0.1) is 10.8 Å². The van der Waals surface area contributed by atoms with Crippen LogP contribution in [-0.4, -0.2) is 0 Å². The summed E-state index contributed by atoms with van der Waals surface area (Å²) in [7, 11) is 0. The second-order valence-electron chi connectivity index (χ2n) is 2.75. The Morgan fingerprint density at radius 2 is 1.93 bits per heavy atom. The van der Waals surface area contributed by atoms with Crippen LogP contribution in [0.2, 0.25) is 0 Å². The van der Waals surface area contributed by atoms with Gasteiger partial charge in [0.2, 0.25) is 0 Å². The average Bonchev–Trinajstić information content (AvgIpc) is 2.81.